The van der Waals surface area contributed by atoms with Gasteiger partial charge in [0.1, 0.15) is 0 Å². The largest absolute Gasteiger partial charge is 0.328 e. The maximum atomic E-state index is 5.83. The van der Waals surface area contributed by atoms with Crippen LogP contribution in [-0.2, 0) is 6.42 Å². The van der Waals surface area contributed by atoms with Gasteiger partial charge in [-0.3, -0.25) is 4.98 Å². The lowest BCUT2D eigenvalue weighted by Gasteiger charge is -2.09. The van der Waals surface area contributed by atoms with Crippen molar-refractivity contribution in [2.75, 3.05) is 0 Å². The van der Waals surface area contributed by atoms with Crippen LogP contribution in [0.25, 0.3) is 10.8 Å². The fourth-order valence-corrected chi connectivity index (χ4v) is 1.88. The van der Waals surface area contributed by atoms with E-state index in [1.165, 1.54) is 10.8 Å². The van der Waals surface area contributed by atoms with Crippen LogP contribution in [0.2, 0.25) is 0 Å². The van der Waals surface area contributed by atoms with E-state index in [1.807, 2.05) is 19.9 Å². The molecule has 0 saturated heterocycles. The molecule has 1 unspecified atom stereocenters. The molecule has 15 heavy (non-hydrogen) atoms. The Kier molecular flexibility index (Phi) is 2.69. The van der Waals surface area contributed by atoms with Crippen molar-refractivity contribution in [1.82, 2.24) is 4.98 Å². The molecule has 0 aliphatic carbocycles. The van der Waals surface area contributed by atoms with Gasteiger partial charge in [-0.25, -0.2) is 0 Å². The van der Waals surface area contributed by atoms with Crippen LogP contribution >= 0.6 is 0 Å². The van der Waals surface area contributed by atoms with Gasteiger partial charge in [-0.15, -0.1) is 0 Å². The predicted octanol–water partition coefficient (Wildman–Crippen LogP) is 2.43. The van der Waals surface area contributed by atoms with Gasteiger partial charge in [0.15, 0.2) is 0 Å². The van der Waals surface area contributed by atoms with Crippen molar-refractivity contribution >= 4 is 10.8 Å². The first-order valence-corrected chi connectivity index (χ1v) is 5.27. The molecule has 2 nitrogen and oxygen atoms in total. The predicted molar refractivity (Wildman–Crippen MR) is 63.8 cm³/mol. The zero-order valence-electron chi connectivity index (χ0n) is 9.20. The van der Waals surface area contributed by atoms with E-state index >= 15 is 0 Å². The molecule has 0 aliphatic heterocycles. The molecular weight excluding hydrogens is 184 g/mol. The molecular formula is C13H16N2. The molecule has 0 saturated carbocycles. The number of aromatic nitrogens is 1. The monoisotopic (exact) mass is 200 g/mol. The molecule has 0 spiro atoms. The highest BCUT2D eigenvalue weighted by Gasteiger charge is 2.05. The van der Waals surface area contributed by atoms with Crippen molar-refractivity contribution in [3.05, 3.63) is 41.7 Å². The van der Waals surface area contributed by atoms with Gasteiger partial charge in [0.2, 0.25) is 0 Å². The molecule has 0 radical (unpaired) electrons. The number of hydrogen-bond donors (Lipinski definition) is 1. The van der Waals surface area contributed by atoms with Crippen molar-refractivity contribution in [2.24, 2.45) is 5.73 Å². The SMILES string of the molecule is Cc1cc2ccccc2c(CC(C)N)n1. The Balaban J connectivity index is 2.60. The lowest BCUT2D eigenvalue weighted by Crippen LogP contribution is -2.18. The third-order valence-corrected chi connectivity index (χ3v) is 2.46. The molecule has 2 aromatic rings. The highest BCUT2D eigenvalue weighted by Crippen LogP contribution is 2.19. The van der Waals surface area contributed by atoms with E-state index in [1.54, 1.807) is 0 Å². The van der Waals surface area contributed by atoms with Crippen LogP contribution in [0.15, 0.2) is 30.3 Å². The number of rotatable bonds is 2. The van der Waals surface area contributed by atoms with E-state index in [0.29, 0.717) is 0 Å². The van der Waals surface area contributed by atoms with Gasteiger partial charge in [-0.05, 0) is 25.3 Å². The highest BCUT2D eigenvalue weighted by atomic mass is 14.7. The summed E-state index contributed by atoms with van der Waals surface area (Å²) in [6.07, 6.45) is 0.836. The van der Waals surface area contributed by atoms with Gasteiger partial charge in [0.25, 0.3) is 0 Å². The van der Waals surface area contributed by atoms with Gasteiger partial charge in [0, 0.05) is 29.2 Å². The summed E-state index contributed by atoms with van der Waals surface area (Å²) in [4.78, 5) is 4.56. The Hall–Kier alpha value is -1.41. The number of fused-ring (bicyclic) bond motifs is 1. The molecule has 1 heterocycles. The van der Waals surface area contributed by atoms with Crippen molar-refractivity contribution in [3.8, 4) is 0 Å². The van der Waals surface area contributed by atoms with E-state index in [9.17, 15) is 0 Å². The molecule has 1 aromatic carbocycles. The minimum atomic E-state index is 0.155. The van der Waals surface area contributed by atoms with Crippen LogP contribution in [0.5, 0.6) is 0 Å². The maximum absolute atomic E-state index is 5.83. The number of benzene rings is 1. The van der Waals surface area contributed by atoms with Gasteiger partial charge in [0.05, 0.1) is 0 Å². The number of aryl methyl sites for hydroxylation is 1. The maximum Gasteiger partial charge on any atom is 0.0500 e. The van der Waals surface area contributed by atoms with E-state index < -0.39 is 0 Å². The molecule has 0 amide bonds. The minimum absolute atomic E-state index is 0.155. The molecule has 0 bridgehead atoms. The average molecular weight is 200 g/mol. The van der Waals surface area contributed by atoms with Gasteiger partial charge < -0.3 is 5.73 Å². The molecule has 1 aromatic heterocycles. The van der Waals surface area contributed by atoms with Gasteiger partial charge in [-0.2, -0.15) is 0 Å². The second-order valence-electron chi connectivity index (χ2n) is 4.11. The van der Waals surface area contributed by atoms with E-state index in [4.69, 9.17) is 5.73 Å². The summed E-state index contributed by atoms with van der Waals surface area (Å²) in [6, 6.07) is 10.6. The van der Waals surface area contributed by atoms with Crippen LogP contribution in [0.3, 0.4) is 0 Å². The summed E-state index contributed by atoms with van der Waals surface area (Å²) in [6.45, 7) is 4.04. The first kappa shape index (κ1) is 10.1. The molecule has 78 valence electrons. The first-order chi connectivity index (χ1) is 7.16. The highest BCUT2D eigenvalue weighted by molar-refractivity contribution is 5.84. The van der Waals surface area contributed by atoms with Crippen LogP contribution < -0.4 is 5.73 Å². The summed E-state index contributed by atoms with van der Waals surface area (Å²) in [7, 11) is 0. The van der Waals surface area contributed by atoms with E-state index in [-0.39, 0.29) is 6.04 Å². The normalized spacial score (nSPS) is 13.0. The lowest BCUT2D eigenvalue weighted by atomic mass is 10.0. The lowest BCUT2D eigenvalue weighted by molar-refractivity contribution is 0.725. The quantitative estimate of drug-likeness (QED) is 0.808. The van der Waals surface area contributed by atoms with Crippen LogP contribution in [0, 0.1) is 6.92 Å². The van der Waals surface area contributed by atoms with Crippen LogP contribution in [0.1, 0.15) is 18.3 Å². The number of pyridine rings is 1. The van der Waals surface area contributed by atoms with Gasteiger partial charge in [-0.1, -0.05) is 24.3 Å². The molecule has 2 rings (SSSR count). The summed E-state index contributed by atoms with van der Waals surface area (Å²) in [5.74, 6) is 0. The summed E-state index contributed by atoms with van der Waals surface area (Å²) in [5, 5.41) is 2.47. The van der Waals surface area contributed by atoms with Gasteiger partial charge >= 0.3 is 0 Å². The van der Waals surface area contributed by atoms with Crippen LogP contribution in [-0.4, -0.2) is 11.0 Å². The second-order valence-corrected chi connectivity index (χ2v) is 4.11. The standard InChI is InChI=1S/C13H16N2/c1-9(14)7-13-12-6-4-3-5-11(12)8-10(2)15-13/h3-6,8-9H,7,14H2,1-2H3. The molecule has 0 fully saturated rings. The Morgan fingerprint density at radius 1 is 1.33 bits per heavy atom. The zero-order valence-corrected chi connectivity index (χ0v) is 9.20. The smallest absolute Gasteiger partial charge is 0.0500 e. The summed E-state index contributed by atoms with van der Waals surface area (Å²) >= 11 is 0. The average Bonchev–Trinajstić information content (AvgIpc) is 2.16. The Labute approximate surface area is 90.1 Å². The number of nitrogens with two attached hydrogens (primary N) is 1. The summed E-state index contributed by atoms with van der Waals surface area (Å²) < 4.78 is 0. The molecule has 1 atom stereocenters. The van der Waals surface area contributed by atoms with Crippen molar-refractivity contribution in [1.29, 1.82) is 0 Å². The number of nitrogens with zero attached hydrogens (tertiary/aromatic N) is 1. The minimum Gasteiger partial charge on any atom is -0.328 e. The Bertz CT molecular complexity index is 475. The molecule has 0 aliphatic rings. The zero-order chi connectivity index (χ0) is 10.8. The fraction of sp³-hybridized carbons (Fsp3) is 0.308. The van der Waals surface area contributed by atoms with Crippen LogP contribution in [0.4, 0.5) is 0 Å². The number of hydrogen-bond acceptors (Lipinski definition) is 2. The summed E-state index contributed by atoms with van der Waals surface area (Å²) in [5.41, 5.74) is 8.00. The van der Waals surface area contributed by atoms with E-state index in [0.717, 1.165) is 17.8 Å². The van der Waals surface area contributed by atoms with Crippen molar-refractivity contribution in [3.63, 3.8) is 0 Å². The van der Waals surface area contributed by atoms with Crippen molar-refractivity contribution < 1.29 is 0 Å². The topological polar surface area (TPSA) is 38.9 Å². The fourth-order valence-electron chi connectivity index (χ4n) is 1.88. The first-order valence-electron chi connectivity index (χ1n) is 5.27. The third kappa shape index (κ3) is 2.16. The molecule has 2 heteroatoms. The third-order valence-electron chi connectivity index (χ3n) is 2.46. The van der Waals surface area contributed by atoms with Crippen molar-refractivity contribution in [2.45, 2.75) is 26.3 Å². The van der Waals surface area contributed by atoms with E-state index in [2.05, 4.69) is 29.2 Å². The Morgan fingerprint density at radius 2 is 2.07 bits per heavy atom. The second kappa shape index (κ2) is 3.99. The Morgan fingerprint density at radius 3 is 2.80 bits per heavy atom. The molecule has 2 N–H and O–H groups in total.